The van der Waals surface area contributed by atoms with E-state index in [0.717, 1.165) is 25.1 Å². The number of carboxylic acid groups (broad SMARTS) is 1. The van der Waals surface area contributed by atoms with E-state index >= 15 is 0 Å². The summed E-state index contributed by atoms with van der Waals surface area (Å²) >= 11 is 5.73. The summed E-state index contributed by atoms with van der Waals surface area (Å²) in [5, 5.41) is 42.2. The van der Waals surface area contributed by atoms with Crippen molar-refractivity contribution in [2.45, 2.75) is 24.5 Å². The van der Waals surface area contributed by atoms with Crippen LogP contribution in [0.5, 0.6) is 0 Å². The number of amides is 1. The smallest absolute Gasteiger partial charge is 0.256 e. The van der Waals surface area contributed by atoms with Gasteiger partial charge in [0.1, 0.15) is 11.9 Å². The van der Waals surface area contributed by atoms with E-state index in [1.807, 2.05) is 12.1 Å². The number of aliphatic carboxylic acids is 1. The third-order valence-electron chi connectivity index (χ3n) is 5.19. The Morgan fingerprint density at radius 1 is 1.15 bits per heavy atom. The quantitative estimate of drug-likeness (QED) is 0.328. The van der Waals surface area contributed by atoms with Gasteiger partial charge in [-0.05, 0) is 35.7 Å². The van der Waals surface area contributed by atoms with E-state index in [1.165, 1.54) is 24.3 Å². The minimum absolute atomic E-state index is 0. The first-order valence-corrected chi connectivity index (χ1v) is 10.4. The standard InChI is InChI=1S/C12H16FNO.C10H10ClNO5.H2O/c13-11-3-1-9(2-4-11)12-5-6-14-7-10(12)8-15;11-5-3-1-2-4-6(5)12-9(15)7(13)8(14)10(16)17;/h1-4,10,12,14-15H,5-8H2;1-4,7-8,13-14H,(H,12,15)(H,16,17);1H2/t10-,12-;7-,8-;/m00./s1. The summed E-state index contributed by atoms with van der Waals surface area (Å²) in [7, 11) is 0. The van der Waals surface area contributed by atoms with Crippen molar-refractivity contribution in [1.29, 1.82) is 0 Å². The highest BCUT2D eigenvalue weighted by Gasteiger charge is 2.28. The van der Waals surface area contributed by atoms with Crippen LogP contribution in [0.2, 0.25) is 5.02 Å². The lowest BCUT2D eigenvalue weighted by atomic mass is 9.82. The van der Waals surface area contributed by atoms with Crippen molar-refractivity contribution in [3.63, 3.8) is 0 Å². The molecular formula is C22H28ClFN2O7. The monoisotopic (exact) mass is 486 g/mol. The Balaban J connectivity index is 0.000000322. The molecule has 1 amide bonds. The zero-order valence-electron chi connectivity index (χ0n) is 17.7. The third kappa shape index (κ3) is 8.35. The topological polar surface area (TPSA) is 178 Å². The van der Waals surface area contributed by atoms with Crippen LogP contribution in [0.15, 0.2) is 48.5 Å². The van der Waals surface area contributed by atoms with Crippen LogP contribution >= 0.6 is 11.6 Å². The zero-order valence-corrected chi connectivity index (χ0v) is 18.4. The first kappa shape index (κ1) is 28.4. The van der Waals surface area contributed by atoms with Crippen molar-refractivity contribution in [1.82, 2.24) is 0 Å². The molecule has 8 N–H and O–H groups in total. The Morgan fingerprint density at radius 3 is 2.36 bits per heavy atom. The maximum Gasteiger partial charge on any atom is 0.256 e. The Morgan fingerprint density at radius 2 is 1.79 bits per heavy atom. The summed E-state index contributed by atoms with van der Waals surface area (Å²) in [6.45, 7) is 2.29. The van der Waals surface area contributed by atoms with E-state index in [4.69, 9.17) is 16.7 Å². The van der Waals surface area contributed by atoms with Gasteiger partial charge in [0, 0.05) is 12.3 Å². The van der Waals surface area contributed by atoms with Crippen LogP contribution in [-0.2, 0) is 9.59 Å². The van der Waals surface area contributed by atoms with Gasteiger partial charge in [0.2, 0.25) is 0 Å². The number of rotatable bonds is 6. The molecule has 3 rings (SSSR count). The van der Waals surface area contributed by atoms with Gasteiger partial charge >= 0.3 is 0 Å². The molecule has 1 heterocycles. The van der Waals surface area contributed by atoms with Crippen LogP contribution in [0.1, 0.15) is 17.9 Å². The highest BCUT2D eigenvalue weighted by atomic mass is 35.5. The van der Waals surface area contributed by atoms with Crippen molar-refractivity contribution in [2.24, 2.45) is 5.92 Å². The highest BCUT2D eigenvalue weighted by Crippen LogP contribution is 2.28. The number of benzene rings is 2. The van der Waals surface area contributed by atoms with Crippen LogP contribution in [0.4, 0.5) is 10.1 Å². The van der Waals surface area contributed by atoms with E-state index < -0.39 is 24.1 Å². The Kier molecular flexibility index (Phi) is 11.9. The van der Waals surface area contributed by atoms with Crippen LogP contribution in [-0.4, -0.2) is 64.6 Å². The fourth-order valence-electron chi connectivity index (χ4n) is 3.42. The number of carboxylic acids is 1. The van der Waals surface area contributed by atoms with Crippen molar-refractivity contribution < 1.29 is 45.2 Å². The van der Waals surface area contributed by atoms with Crippen molar-refractivity contribution in [2.75, 3.05) is 25.0 Å². The van der Waals surface area contributed by atoms with Crippen molar-refractivity contribution >= 4 is 29.2 Å². The fourth-order valence-corrected chi connectivity index (χ4v) is 3.60. The minimum atomic E-state index is -2.29. The number of piperidine rings is 1. The molecule has 0 aromatic heterocycles. The molecule has 0 radical (unpaired) electrons. The predicted octanol–water partition coefficient (Wildman–Crippen LogP) is -1.59. The van der Waals surface area contributed by atoms with Gasteiger partial charge in [-0.15, -0.1) is 0 Å². The Labute approximate surface area is 195 Å². The van der Waals surface area contributed by atoms with Gasteiger partial charge < -0.3 is 41.3 Å². The molecular weight excluding hydrogens is 459 g/mol. The van der Waals surface area contributed by atoms with E-state index in [9.17, 15) is 29.3 Å². The first-order chi connectivity index (χ1) is 15.2. The second kappa shape index (κ2) is 13.8. The van der Waals surface area contributed by atoms with Gasteiger partial charge in [0.05, 0.1) is 36.4 Å². The fraction of sp³-hybridized carbons (Fsp3) is 0.364. The molecule has 0 spiro atoms. The van der Waals surface area contributed by atoms with Gasteiger partial charge in [-0.2, -0.15) is 0 Å². The number of hydrogen-bond acceptors (Lipinski definition) is 6. The first-order valence-electron chi connectivity index (χ1n) is 10.0. The SMILES string of the molecule is O.O=C([O-])[C@@H](O)[C@H](O)C(=O)Nc1ccccc1Cl.OC[C@@H]1C[NH2+]CC[C@H]1c1ccc(F)cc1. The Hall–Kier alpha value is -2.60. The maximum atomic E-state index is 12.8. The Bertz CT molecular complexity index is 901. The number of carbonyl (C=O) groups is 2. The summed E-state index contributed by atoms with van der Waals surface area (Å²) in [6.07, 6.45) is -3.36. The molecule has 0 aliphatic carbocycles. The van der Waals surface area contributed by atoms with Crippen molar-refractivity contribution in [3.05, 3.63) is 64.9 Å². The lowest BCUT2D eigenvalue weighted by molar-refractivity contribution is -0.670. The summed E-state index contributed by atoms with van der Waals surface area (Å²) in [5.41, 5.74) is 1.35. The number of carbonyl (C=O) groups excluding carboxylic acids is 2. The lowest BCUT2D eigenvalue weighted by Crippen LogP contribution is -2.88. The number of nitrogens with two attached hydrogens (primary N) is 1. The second-order valence-corrected chi connectivity index (χ2v) is 7.79. The molecule has 1 fully saturated rings. The molecule has 2 aromatic carbocycles. The maximum absolute atomic E-state index is 12.8. The van der Waals surface area contributed by atoms with E-state index in [-0.39, 0.29) is 28.6 Å². The average molecular weight is 487 g/mol. The van der Waals surface area contributed by atoms with Gasteiger partial charge in [0.25, 0.3) is 5.91 Å². The second-order valence-electron chi connectivity index (χ2n) is 7.38. The average Bonchev–Trinajstić information content (AvgIpc) is 2.80. The molecule has 1 saturated heterocycles. The number of aliphatic hydroxyl groups is 3. The normalized spacial score (nSPS) is 19.2. The molecule has 1 aliphatic heterocycles. The van der Waals surface area contributed by atoms with Crippen LogP contribution < -0.4 is 15.7 Å². The molecule has 1 aliphatic rings. The van der Waals surface area contributed by atoms with Crippen molar-refractivity contribution in [3.8, 4) is 0 Å². The molecule has 2 aromatic rings. The molecule has 33 heavy (non-hydrogen) atoms. The predicted molar refractivity (Wildman–Crippen MR) is 117 cm³/mol. The molecule has 11 heteroatoms. The van der Waals surface area contributed by atoms with Gasteiger partial charge in [-0.25, -0.2) is 4.39 Å². The third-order valence-corrected chi connectivity index (χ3v) is 5.52. The molecule has 9 nitrogen and oxygen atoms in total. The van der Waals surface area contributed by atoms with Crippen LogP contribution in [0, 0.1) is 11.7 Å². The summed E-state index contributed by atoms with van der Waals surface area (Å²) in [4.78, 5) is 21.6. The molecule has 0 bridgehead atoms. The number of halogens is 2. The van der Waals surface area contributed by atoms with E-state index in [2.05, 4.69) is 10.6 Å². The van der Waals surface area contributed by atoms with Crippen LogP contribution in [0.25, 0.3) is 0 Å². The molecule has 182 valence electrons. The lowest BCUT2D eigenvalue weighted by Gasteiger charge is -2.28. The van der Waals surface area contributed by atoms with Gasteiger partial charge in [-0.3, -0.25) is 4.79 Å². The summed E-state index contributed by atoms with van der Waals surface area (Å²) < 4.78 is 12.8. The molecule has 0 unspecified atom stereocenters. The number of para-hydroxylation sites is 1. The summed E-state index contributed by atoms with van der Waals surface area (Å²) in [6, 6.07) is 12.9. The molecule has 0 saturated carbocycles. The van der Waals surface area contributed by atoms with Gasteiger partial charge in [-0.1, -0.05) is 35.9 Å². The van der Waals surface area contributed by atoms with Crippen LogP contribution in [0.3, 0.4) is 0 Å². The minimum Gasteiger partial charge on any atom is -0.547 e. The van der Waals surface area contributed by atoms with Gasteiger partial charge in [0.15, 0.2) is 6.10 Å². The molecule has 4 atom stereocenters. The largest absolute Gasteiger partial charge is 0.547 e. The number of nitrogens with one attached hydrogen (secondary N) is 1. The number of anilines is 1. The summed E-state index contributed by atoms with van der Waals surface area (Å²) in [5.74, 6) is -2.52. The zero-order chi connectivity index (χ0) is 23.7. The number of aliphatic hydroxyl groups excluding tert-OH is 3. The number of hydrogen-bond donors (Lipinski definition) is 5. The van der Waals surface area contributed by atoms with E-state index in [1.54, 1.807) is 12.1 Å². The number of quaternary nitrogens is 1. The highest BCUT2D eigenvalue weighted by molar-refractivity contribution is 6.33. The van der Waals surface area contributed by atoms with E-state index in [0.29, 0.717) is 11.8 Å².